The maximum Gasteiger partial charge on any atom is 0.128 e. The van der Waals surface area contributed by atoms with Gasteiger partial charge in [-0.25, -0.2) is 9.37 Å². The van der Waals surface area contributed by atoms with Gasteiger partial charge in [-0.2, -0.15) is 0 Å². The molecule has 0 saturated heterocycles. The lowest BCUT2D eigenvalue weighted by Gasteiger charge is -2.06. The van der Waals surface area contributed by atoms with E-state index in [2.05, 4.69) is 4.98 Å². The number of hydrogen-bond acceptors (Lipinski definition) is 2. The molecule has 2 rings (SSSR count). The molecular weight excluding hydrogens is 185 g/mol. The maximum absolute atomic E-state index is 13.4. The molecular formula is C10H10FNS. The first kappa shape index (κ1) is 8.63. The largest absolute Gasteiger partial charge is 0.244 e. The van der Waals surface area contributed by atoms with Gasteiger partial charge in [0.25, 0.3) is 0 Å². The van der Waals surface area contributed by atoms with Crippen LogP contribution in [0.25, 0.3) is 10.2 Å². The smallest absolute Gasteiger partial charge is 0.128 e. The van der Waals surface area contributed by atoms with Crippen LogP contribution in [0.2, 0.25) is 0 Å². The van der Waals surface area contributed by atoms with E-state index in [0.717, 1.165) is 15.8 Å². The van der Waals surface area contributed by atoms with Crippen LogP contribution in [0.4, 0.5) is 4.39 Å². The molecule has 13 heavy (non-hydrogen) atoms. The molecule has 0 spiro atoms. The van der Waals surface area contributed by atoms with Crippen LogP contribution in [0.3, 0.4) is 0 Å². The third kappa shape index (κ3) is 1.33. The number of nitrogens with zero attached hydrogens (tertiary/aromatic N) is 1. The molecule has 2 aromatic rings. The van der Waals surface area contributed by atoms with Crippen molar-refractivity contribution in [3.05, 3.63) is 29.0 Å². The van der Waals surface area contributed by atoms with E-state index < -0.39 is 0 Å². The molecule has 0 saturated carbocycles. The van der Waals surface area contributed by atoms with E-state index in [4.69, 9.17) is 0 Å². The van der Waals surface area contributed by atoms with Crippen molar-refractivity contribution < 1.29 is 4.39 Å². The fourth-order valence-corrected chi connectivity index (χ4v) is 2.17. The number of benzene rings is 1. The third-order valence-corrected chi connectivity index (χ3v) is 2.86. The molecule has 0 N–H and O–H groups in total. The normalized spacial score (nSPS) is 11.4. The summed E-state index contributed by atoms with van der Waals surface area (Å²) in [7, 11) is 0. The van der Waals surface area contributed by atoms with Crippen molar-refractivity contribution in [2.45, 2.75) is 19.8 Å². The highest BCUT2D eigenvalue weighted by molar-refractivity contribution is 7.16. The average Bonchev–Trinajstić information content (AvgIpc) is 2.50. The fraction of sp³-hybridized carbons (Fsp3) is 0.300. The zero-order valence-electron chi connectivity index (χ0n) is 7.54. The van der Waals surface area contributed by atoms with Crippen molar-refractivity contribution in [1.82, 2.24) is 4.98 Å². The van der Waals surface area contributed by atoms with Gasteiger partial charge < -0.3 is 0 Å². The molecule has 0 bridgehead atoms. The molecule has 0 unspecified atom stereocenters. The molecule has 1 aromatic heterocycles. The monoisotopic (exact) mass is 195 g/mol. The Morgan fingerprint density at radius 1 is 1.38 bits per heavy atom. The Morgan fingerprint density at radius 3 is 2.85 bits per heavy atom. The van der Waals surface area contributed by atoms with Crippen LogP contribution >= 0.6 is 11.3 Å². The first-order valence-electron chi connectivity index (χ1n) is 4.21. The van der Waals surface area contributed by atoms with Gasteiger partial charge in [-0.3, -0.25) is 0 Å². The maximum atomic E-state index is 13.4. The lowest BCUT2D eigenvalue weighted by atomic mass is 10.0. The van der Waals surface area contributed by atoms with Crippen LogP contribution in [0.15, 0.2) is 17.6 Å². The zero-order chi connectivity index (χ0) is 9.42. The topological polar surface area (TPSA) is 12.9 Å². The van der Waals surface area contributed by atoms with Crippen molar-refractivity contribution in [1.29, 1.82) is 0 Å². The van der Waals surface area contributed by atoms with Gasteiger partial charge in [0.1, 0.15) is 5.82 Å². The van der Waals surface area contributed by atoms with Crippen molar-refractivity contribution in [2.75, 3.05) is 0 Å². The van der Waals surface area contributed by atoms with Crippen molar-refractivity contribution in [2.24, 2.45) is 0 Å². The van der Waals surface area contributed by atoms with E-state index >= 15 is 0 Å². The summed E-state index contributed by atoms with van der Waals surface area (Å²) in [4.78, 5) is 4.18. The molecule has 0 fully saturated rings. The second-order valence-electron chi connectivity index (χ2n) is 3.31. The van der Waals surface area contributed by atoms with Gasteiger partial charge in [-0.1, -0.05) is 13.8 Å². The third-order valence-electron chi connectivity index (χ3n) is 2.07. The Labute approximate surface area is 80.2 Å². The first-order chi connectivity index (χ1) is 6.20. The van der Waals surface area contributed by atoms with E-state index in [-0.39, 0.29) is 11.7 Å². The van der Waals surface area contributed by atoms with Crippen LogP contribution < -0.4 is 0 Å². The summed E-state index contributed by atoms with van der Waals surface area (Å²) in [6, 6.07) is 3.31. The number of halogens is 1. The molecule has 0 atom stereocenters. The predicted molar refractivity (Wildman–Crippen MR) is 53.7 cm³/mol. The Balaban J connectivity index is 2.80. The predicted octanol–water partition coefficient (Wildman–Crippen LogP) is 3.56. The van der Waals surface area contributed by atoms with Gasteiger partial charge in [0.15, 0.2) is 0 Å². The molecule has 0 aliphatic rings. The summed E-state index contributed by atoms with van der Waals surface area (Å²) < 4.78 is 14.5. The number of hydrogen-bond donors (Lipinski definition) is 0. The number of aromatic nitrogens is 1. The Kier molecular flexibility index (Phi) is 2.04. The van der Waals surface area contributed by atoms with Crippen LogP contribution in [0.5, 0.6) is 0 Å². The van der Waals surface area contributed by atoms with Crippen LogP contribution in [0, 0.1) is 5.82 Å². The molecule has 0 radical (unpaired) electrons. The number of rotatable bonds is 1. The standard InChI is InChI=1S/C10H10FNS/c1-6(2)9-7(11)3-4-8-10(9)12-5-13-8/h3-6H,1-2H3. The van der Waals surface area contributed by atoms with Crippen LogP contribution in [-0.4, -0.2) is 4.98 Å². The fourth-order valence-electron chi connectivity index (χ4n) is 1.48. The van der Waals surface area contributed by atoms with E-state index in [0.29, 0.717) is 0 Å². The SMILES string of the molecule is CC(C)c1c(F)ccc2scnc12. The summed E-state index contributed by atoms with van der Waals surface area (Å²) in [6.07, 6.45) is 0. The quantitative estimate of drug-likeness (QED) is 0.678. The van der Waals surface area contributed by atoms with E-state index in [1.807, 2.05) is 13.8 Å². The molecule has 1 heterocycles. The van der Waals surface area contributed by atoms with Crippen molar-refractivity contribution in [3.8, 4) is 0 Å². The minimum absolute atomic E-state index is 0.145. The summed E-state index contributed by atoms with van der Waals surface area (Å²) in [5.74, 6) is 0.0409. The molecule has 0 aliphatic carbocycles. The van der Waals surface area contributed by atoms with Gasteiger partial charge in [-0.15, -0.1) is 11.3 Å². The lowest BCUT2D eigenvalue weighted by Crippen LogP contribution is -1.93. The number of thiazole rings is 1. The van der Waals surface area contributed by atoms with Gasteiger partial charge >= 0.3 is 0 Å². The highest BCUT2D eigenvalue weighted by Gasteiger charge is 2.12. The summed E-state index contributed by atoms with van der Waals surface area (Å²) in [5.41, 5.74) is 3.31. The van der Waals surface area contributed by atoms with E-state index in [1.165, 1.54) is 6.07 Å². The Hall–Kier alpha value is -0.960. The zero-order valence-corrected chi connectivity index (χ0v) is 8.36. The molecule has 3 heteroatoms. The van der Waals surface area contributed by atoms with E-state index in [9.17, 15) is 4.39 Å². The molecule has 1 aromatic carbocycles. The minimum atomic E-state index is -0.145. The second kappa shape index (κ2) is 3.07. The lowest BCUT2D eigenvalue weighted by molar-refractivity contribution is 0.601. The second-order valence-corrected chi connectivity index (χ2v) is 4.20. The highest BCUT2D eigenvalue weighted by atomic mass is 32.1. The van der Waals surface area contributed by atoms with Crippen molar-refractivity contribution in [3.63, 3.8) is 0 Å². The average molecular weight is 195 g/mol. The Morgan fingerprint density at radius 2 is 2.15 bits per heavy atom. The summed E-state index contributed by atoms with van der Waals surface area (Å²) in [5, 5.41) is 0. The van der Waals surface area contributed by atoms with Gasteiger partial charge in [-0.05, 0) is 18.1 Å². The molecule has 68 valence electrons. The van der Waals surface area contributed by atoms with Crippen molar-refractivity contribution >= 4 is 21.6 Å². The number of fused-ring (bicyclic) bond motifs is 1. The van der Waals surface area contributed by atoms with Gasteiger partial charge in [0, 0.05) is 5.56 Å². The summed E-state index contributed by atoms with van der Waals surface area (Å²) >= 11 is 1.55. The summed E-state index contributed by atoms with van der Waals surface area (Å²) in [6.45, 7) is 3.97. The Bertz CT molecular complexity index is 433. The van der Waals surface area contributed by atoms with E-state index in [1.54, 1.807) is 22.9 Å². The molecule has 1 nitrogen and oxygen atoms in total. The highest BCUT2D eigenvalue weighted by Crippen LogP contribution is 2.28. The van der Waals surface area contributed by atoms with Crippen LogP contribution in [-0.2, 0) is 0 Å². The van der Waals surface area contributed by atoms with Gasteiger partial charge in [0.2, 0.25) is 0 Å². The minimum Gasteiger partial charge on any atom is -0.244 e. The molecule has 0 aliphatic heterocycles. The molecule has 0 amide bonds. The van der Waals surface area contributed by atoms with Crippen LogP contribution in [0.1, 0.15) is 25.3 Å². The van der Waals surface area contributed by atoms with Gasteiger partial charge in [0.05, 0.1) is 15.7 Å². The first-order valence-corrected chi connectivity index (χ1v) is 5.09.